The molecular formula is C10H12F2O3. The van der Waals surface area contributed by atoms with E-state index in [0.717, 1.165) is 13.2 Å². The van der Waals surface area contributed by atoms with Gasteiger partial charge in [0.2, 0.25) is 0 Å². The second-order valence-electron chi connectivity index (χ2n) is 3.57. The maximum absolute atomic E-state index is 12.6. The molecule has 1 atom stereocenters. The third kappa shape index (κ3) is 2.62. The molecule has 1 N–H and O–H groups in total. The summed E-state index contributed by atoms with van der Waals surface area (Å²) in [6.45, 7) is 1.40. The van der Waals surface area contributed by atoms with E-state index < -0.39 is 23.6 Å². The minimum Gasteiger partial charge on any atom is -0.465 e. The Morgan fingerprint density at radius 3 is 2.73 bits per heavy atom. The van der Waals surface area contributed by atoms with Gasteiger partial charge in [0, 0.05) is 5.57 Å². The van der Waals surface area contributed by atoms with Crippen molar-refractivity contribution >= 4 is 5.97 Å². The van der Waals surface area contributed by atoms with Crippen LogP contribution in [0.2, 0.25) is 0 Å². The first-order valence-electron chi connectivity index (χ1n) is 4.39. The van der Waals surface area contributed by atoms with E-state index in [1.165, 1.54) is 13.0 Å². The van der Waals surface area contributed by atoms with Crippen LogP contribution in [0.15, 0.2) is 23.3 Å². The number of halogens is 2. The zero-order valence-electron chi connectivity index (χ0n) is 8.46. The lowest BCUT2D eigenvalue weighted by atomic mass is 9.88. The number of hydrogen-bond acceptors (Lipinski definition) is 3. The molecule has 0 radical (unpaired) electrons. The Kier molecular flexibility index (Phi) is 3.24. The van der Waals surface area contributed by atoms with Crippen molar-refractivity contribution in [2.45, 2.75) is 25.4 Å². The summed E-state index contributed by atoms with van der Waals surface area (Å²) in [4.78, 5) is 11.1. The second kappa shape index (κ2) is 4.10. The van der Waals surface area contributed by atoms with Crippen molar-refractivity contribution in [3.05, 3.63) is 23.3 Å². The molecule has 0 fully saturated rings. The summed E-state index contributed by atoms with van der Waals surface area (Å²) in [6.07, 6.45) is -0.410. The van der Waals surface area contributed by atoms with Crippen LogP contribution in [-0.2, 0) is 9.53 Å². The van der Waals surface area contributed by atoms with Crippen molar-refractivity contribution < 1.29 is 23.4 Å². The summed E-state index contributed by atoms with van der Waals surface area (Å²) >= 11 is 0. The molecule has 15 heavy (non-hydrogen) atoms. The summed E-state index contributed by atoms with van der Waals surface area (Å²) in [5.74, 6) is -0.808. The van der Waals surface area contributed by atoms with Gasteiger partial charge in [-0.05, 0) is 19.4 Å². The molecule has 84 valence electrons. The fourth-order valence-electron chi connectivity index (χ4n) is 1.39. The molecule has 1 aliphatic rings. The quantitative estimate of drug-likeness (QED) is 0.713. The van der Waals surface area contributed by atoms with Gasteiger partial charge >= 0.3 is 5.97 Å². The third-order valence-electron chi connectivity index (χ3n) is 2.14. The number of alkyl halides is 2. The van der Waals surface area contributed by atoms with Crippen LogP contribution in [0.1, 0.15) is 13.3 Å². The van der Waals surface area contributed by atoms with Crippen LogP contribution < -0.4 is 0 Å². The van der Waals surface area contributed by atoms with Crippen molar-refractivity contribution in [3.63, 3.8) is 0 Å². The number of carbonyl (C=O) groups is 1. The minimum absolute atomic E-state index is 0.119. The van der Waals surface area contributed by atoms with Gasteiger partial charge in [-0.15, -0.1) is 0 Å². The van der Waals surface area contributed by atoms with E-state index in [9.17, 15) is 18.7 Å². The molecule has 0 aromatic carbocycles. The predicted molar refractivity (Wildman–Crippen MR) is 49.4 cm³/mol. The van der Waals surface area contributed by atoms with E-state index in [4.69, 9.17) is 0 Å². The Morgan fingerprint density at radius 2 is 2.27 bits per heavy atom. The molecule has 0 aromatic rings. The molecule has 0 amide bonds. The van der Waals surface area contributed by atoms with Crippen LogP contribution >= 0.6 is 0 Å². The van der Waals surface area contributed by atoms with Crippen molar-refractivity contribution in [1.29, 1.82) is 0 Å². The highest BCUT2D eigenvalue weighted by Crippen LogP contribution is 2.30. The molecule has 0 saturated heterocycles. The first-order chi connectivity index (χ1) is 6.87. The predicted octanol–water partition coefficient (Wildman–Crippen LogP) is 1.43. The fraction of sp³-hybridized carbons (Fsp3) is 0.500. The van der Waals surface area contributed by atoms with E-state index in [-0.39, 0.29) is 12.0 Å². The summed E-state index contributed by atoms with van der Waals surface area (Å²) in [5.41, 5.74) is -1.97. The molecule has 0 spiro atoms. The van der Waals surface area contributed by atoms with Crippen LogP contribution in [0.3, 0.4) is 0 Å². The van der Waals surface area contributed by atoms with Crippen molar-refractivity contribution in [1.82, 2.24) is 0 Å². The first-order valence-corrected chi connectivity index (χ1v) is 4.39. The summed E-state index contributed by atoms with van der Waals surface area (Å²) in [7, 11) is 1.12. The van der Waals surface area contributed by atoms with Crippen LogP contribution in [0.25, 0.3) is 0 Å². The Labute approximate surface area is 86.0 Å². The van der Waals surface area contributed by atoms with Gasteiger partial charge in [0.25, 0.3) is 6.43 Å². The number of ether oxygens (including phenoxy) is 1. The van der Waals surface area contributed by atoms with Gasteiger partial charge in [-0.25, -0.2) is 13.6 Å². The van der Waals surface area contributed by atoms with Gasteiger partial charge in [0.15, 0.2) is 0 Å². The molecule has 0 heterocycles. The lowest BCUT2D eigenvalue weighted by Crippen LogP contribution is -2.27. The van der Waals surface area contributed by atoms with Crippen LogP contribution in [0.4, 0.5) is 8.78 Å². The number of aliphatic hydroxyl groups is 1. The number of hydrogen-bond donors (Lipinski definition) is 1. The maximum Gasteiger partial charge on any atom is 0.338 e. The number of esters is 1. The molecule has 0 bridgehead atoms. The minimum atomic E-state index is -2.80. The van der Waals surface area contributed by atoms with E-state index in [2.05, 4.69) is 4.74 Å². The molecule has 0 aliphatic heterocycles. The van der Waals surface area contributed by atoms with Gasteiger partial charge in [-0.2, -0.15) is 0 Å². The summed E-state index contributed by atoms with van der Waals surface area (Å²) in [5, 5.41) is 9.56. The van der Waals surface area contributed by atoms with Crippen LogP contribution in [0.5, 0.6) is 0 Å². The molecule has 3 nitrogen and oxygen atoms in total. The van der Waals surface area contributed by atoms with Crippen molar-refractivity contribution in [2.24, 2.45) is 0 Å². The fourth-order valence-corrected chi connectivity index (χ4v) is 1.39. The zero-order chi connectivity index (χ0) is 11.6. The average Bonchev–Trinajstić information content (AvgIpc) is 2.15. The van der Waals surface area contributed by atoms with E-state index in [1.54, 1.807) is 0 Å². The molecule has 5 heteroatoms. The third-order valence-corrected chi connectivity index (χ3v) is 2.14. The Balaban J connectivity index is 3.05. The van der Waals surface area contributed by atoms with Gasteiger partial charge < -0.3 is 9.84 Å². The van der Waals surface area contributed by atoms with Crippen LogP contribution in [-0.4, -0.2) is 30.2 Å². The first kappa shape index (κ1) is 11.8. The number of methoxy groups -OCH3 is 1. The summed E-state index contributed by atoms with van der Waals surface area (Å²) < 4.78 is 29.5. The van der Waals surface area contributed by atoms with Gasteiger partial charge in [-0.1, -0.05) is 6.08 Å². The standard InChI is InChI=1S/C10H12F2O3/c1-10(14)4-3-6(9(13)15-2)7(5-10)8(11)12/h3,5,8,14H,4H2,1-2H3. The topological polar surface area (TPSA) is 46.5 Å². The lowest BCUT2D eigenvalue weighted by molar-refractivity contribution is -0.136. The van der Waals surface area contributed by atoms with Crippen molar-refractivity contribution in [3.8, 4) is 0 Å². The average molecular weight is 218 g/mol. The smallest absolute Gasteiger partial charge is 0.338 e. The Bertz CT molecular complexity index is 330. The zero-order valence-corrected chi connectivity index (χ0v) is 8.46. The molecule has 1 rings (SSSR count). The lowest BCUT2D eigenvalue weighted by Gasteiger charge is -2.24. The monoisotopic (exact) mass is 218 g/mol. The highest BCUT2D eigenvalue weighted by Gasteiger charge is 2.31. The molecule has 0 saturated carbocycles. The largest absolute Gasteiger partial charge is 0.465 e. The Hall–Kier alpha value is -1.23. The van der Waals surface area contributed by atoms with E-state index >= 15 is 0 Å². The highest BCUT2D eigenvalue weighted by atomic mass is 19.3. The van der Waals surface area contributed by atoms with Crippen LogP contribution in [0, 0.1) is 0 Å². The highest BCUT2D eigenvalue weighted by molar-refractivity contribution is 5.94. The van der Waals surface area contributed by atoms with Crippen molar-refractivity contribution in [2.75, 3.05) is 7.11 Å². The number of carbonyl (C=O) groups excluding carboxylic acids is 1. The molecular weight excluding hydrogens is 206 g/mol. The van der Waals surface area contributed by atoms with E-state index in [0.29, 0.717) is 0 Å². The maximum atomic E-state index is 12.6. The normalized spacial score (nSPS) is 26.0. The molecule has 1 unspecified atom stereocenters. The van der Waals surface area contributed by atoms with Gasteiger partial charge in [0.1, 0.15) is 0 Å². The van der Waals surface area contributed by atoms with Gasteiger partial charge in [0.05, 0.1) is 18.3 Å². The summed E-state index contributed by atoms with van der Waals surface area (Å²) in [6, 6.07) is 0. The van der Waals surface area contributed by atoms with E-state index in [1.807, 2.05) is 0 Å². The van der Waals surface area contributed by atoms with Gasteiger partial charge in [-0.3, -0.25) is 0 Å². The number of rotatable bonds is 2. The second-order valence-corrected chi connectivity index (χ2v) is 3.57. The molecule has 0 aromatic heterocycles. The Morgan fingerprint density at radius 1 is 1.67 bits per heavy atom. The SMILES string of the molecule is COC(=O)C1=CCC(C)(O)C=C1C(F)F. The molecule has 1 aliphatic carbocycles.